The predicted octanol–water partition coefficient (Wildman–Crippen LogP) is 3.63. The first-order valence-corrected chi connectivity index (χ1v) is 7.45. The first-order valence-electron chi connectivity index (χ1n) is 7.45. The molecule has 0 amide bonds. The molecule has 5 heteroatoms. The molecule has 1 saturated heterocycles. The van der Waals surface area contributed by atoms with Crippen LogP contribution >= 0.6 is 0 Å². The number of rotatable bonds is 4. The lowest BCUT2D eigenvalue weighted by molar-refractivity contribution is 0.0618. The Balaban J connectivity index is 2.36. The van der Waals surface area contributed by atoms with Crippen molar-refractivity contribution in [3.8, 4) is 0 Å². The highest BCUT2D eigenvalue weighted by molar-refractivity contribution is 5.26. The number of likely N-dealkylation sites (tertiary alicyclic amines) is 1. The molecule has 0 saturated carbocycles. The molecule has 1 aromatic rings. The predicted molar refractivity (Wildman–Crippen MR) is 77.6 cm³/mol. The Morgan fingerprint density at radius 1 is 1.05 bits per heavy atom. The number of halogens is 3. The van der Waals surface area contributed by atoms with E-state index in [1.807, 2.05) is 13.8 Å². The van der Waals surface area contributed by atoms with Gasteiger partial charge < -0.3 is 5.32 Å². The Morgan fingerprint density at radius 2 is 1.67 bits per heavy atom. The molecule has 1 aromatic carbocycles. The largest absolute Gasteiger partial charge is 0.311 e. The van der Waals surface area contributed by atoms with Gasteiger partial charge in [-0.3, -0.25) is 4.90 Å². The van der Waals surface area contributed by atoms with Crippen LogP contribution in [0, 0.1) is 17.5 Å². The van der Waals surface area contributed by atoms with Gasteiger partial charge in [0.2, 0.25) is 0 Å². The third-order valence-electron chi connectivity index (χ3n) is 4.54. The highest BCUT2D eigenvalue weighted by Gasteiger charge is 2.38. The standard InChI is InChI=1S/C16H23F3N2/c1-16(2,21-9-5-4-6-10-21)15(20-3)11-7-8-12(17)14(19)13(11)18/h7-8,15,20H,4-6,9-10H2,1-3H3. The topological polar surface area (TPSA) is 15.3 Å². The van der Waals surface area contributed by atoms with E-state index in [1.54, 1.807) is 7.05 Å². The summed E-state index contributed by atoms with van der Waals surface area (Å²) in [6, 6.07) is 1.91. The molecule has 0 radical (unpaired) electrons. The molecule has 0 aliphatic carbocycles. The molecule has 2 rings (SSSR count). The monoisotopic (exact) mass is 300 g/mol. The Morgan fingerprint density at radius 3 is 2.24 bits per heavy atom. The van der Waals surface area contributed by atoms with E-state index in [1.165, 1.54) is 12.5 Å². The molecular weight excluding hydrogens is 277 g/mol. The molecule has 0 spiro atoms. The first kappa shape index (κ1) is 16.3. The highest BCUT2D eigenvalue weighted by atomic mass is 19.2. The summed E-state index contributed by atoms with van der Waals surface area (Å²) < 4.78 is 40.8. The van der Waals surface area contributed by atoms with E-state index in [0.29, 0.717) is 0 Å². The highest BCUT2D eigenvalue weighted by Crippen LogP contribution is 2.34. The molecule has 1 aliphatic rings. The van der Waals surface area contributed by atoms with Gasteiger partial charge in [-0.15, -0.1) is 0 Å². The maximum absolute atomic E-state index is 14.1. The maximum Gasteiger partial charge on any atom is 0.194 e. The van der Waals surface area contributed by atoms with Gasteiger partial charge in [0.15, 0.2) is 17.5 Å². The fourth-order valence-electron chi connectivity index (χ4n) is 3.31. The summed E-state index contributed by atoms with van der Waals surface area (Å²) in [7, 11) is 1.72. The zero-order chi connectivity index (χ0) is 15.6. The van der Waals surface area contributed by atoms with Gasteiger partial charge in [0.25, 0.3) is 0 Å². The Bertz CT molecular complexity index is 497. The van der Waals surface area contributed by atoms with Gasteiger partial charge >= 0.3 is 0 Å². The number of benzene rings is 1. The smallest absolute Gasteiger partial charge is 0.194 e. The molecule has 1 heterocycles. The van der Waals surface area contributed by atoms with Crippen LogP contribution in [0.1, 0.15) is 44.7 Å². The molecule has 1 unspecified atom stereocenters. The lowest BCUT2D eigenvalue weighted by atomic mass is 9.85. The number of piperidine rings is 1. The third kappa shape index (κ3) is 3.09. The second kappa shape index (κ2) is 6.36. The van der Waals surface area contributed by atoms with Crippen molar-refractivity contribution in [1.29, 1.82) is 0 Å². The molecular formula is C16H23F3N2. The van der Waals surface area contributed by atoms with Gasteiger partial charge in [-0.25, -0.2) is 13.2 Å². The summed E-state index contributed by atoms with van der Waals surface area (Å²) in [6.07, 6.45) is 3.43. The number of hydrogen-bond donors (Lipinski definition) is 1. The average molecular weight is 300 g/mol. The lowest BCUT2D eigenvalue weighted by Crippen LogP contribution is -2.54. The summed E-state index contributed by atoms with van der Waals surface area (Å²) in [5, 5.41) is 3.07. The molecule has 2 nitrogen and oxygen atoms in total. The van der Waals surface area contributed by atoms with E-state index in [0.717, 1.165) is 32.0 Å². The average Bonchev–Trinajstić information content (AvgIpc) is 2.48. The fraction of sp³-hybridized carbons (Fsp3) is 0.625. The van der Waals surface area contributed by atoms with Gasteiger partial charge in [-0.2, -0.15) is 0 Å². The Hall–Kier alpha value is -1.07. The zero-order valence-electron chi connectivity index (χ0n) is 12.8. The van der Waals surface area contributed by atoms with Crippen LogP contribution in [0.3, 0.4) is 0 Å². The minimum absolute atomic E-state index is 0.173. The zero-order valence-corrected chi connectivity index (χ0v) is 12.8. The molecule has 21 heavy (non-hydrogen) atoms. The summed E-state index contributed by atoms with van der Waals surface area (Å²) in [6.45, 7) is 5.91. The van der Waals surface area contributed by atoms with Crippen molar-refractivity contribution in [2.45, 2.75) is 44.7 Å². The number of likely N-dealkylation sites (N-methyl/N-ethyl adjacent to an activating group) is 1. The van der Waals surface area contributed by atoms with Crippen molar-refractivity contribution in [3.05, 3.63) is 35.1 Å². The van der Waals surface area contributed by atoms with Crippen LogP contribution < -0.4 is 5.32 Å². The van der Waals surface area contributed by atoms with Crippen molar-refractivity contribution >= 4 is 0 Å². The summed E-state index contributed by atoms with van der Waals surface area (Å²) in [5.74, 6) is -3.65. The van der Waals surface area contributed by atoms with Crippen molar-refractivity contribution < 1.29 is 13.2 Å². The molecule has 1 aliphatic heterocycles. The molecule has 118 valence electrons. The van der Waals surface area contributed by atoms with Gasteiger partial charge in [0.1, 0.15) is 0 Å². The maximum atomic E-state index is 14.1. The van der Waals surface area contributed by atoms with Crippen molar-refractivity contribution in [1.82, 2.24) is 10.2 Å². The van der Waals surface area contributed by atoms with E-state index < -0.39 is 23.5 Å². The first-order chi connectivity index (χ1) is 9.89. The van der Waals surface area contributed by atoms with E-state index in [4.69, 9.17) is 0 Å². The third-order valence-corrected chi connectivity index (χ3v) is 4.54. The minimum atomic E-state index is -1.40. The normalized spacial score (nSPS) is 18.8. The van der Waals surface area contributed by atoms with Crippen molar-refractivity contribution in [3.63, 3.8) is 0 Å². The van der Waals surface area contributed by atoms with Crippen LogP contribution in [-0.2, 0) is 0 Å². The van der Waals surface area contributed by atoms with Crippen LogP contribution in [-0.4, -0.2) is 30.6 Å². The van der Waals surface area contributed by atoms with E-state index in [-0.39, 0.29) is 11.1 Å². The van der Waals surface area contributed by atoms with Crippen LogP contribution in [0.15, 0.2) is 12.1 Å². The molecule has 0 aromatic heterocycles. The van der Waals surface area contributed by atoms with Crippen LogP contribution in [0.5, 0.6) is 0 Å². The second-order valence-corrected chi connectivity index (χ2v) is 6.19. The fourth-order valence-corrected chi connectivity index (χ4v) is 3.31. The summed E-state index contributed by atoms with van der Waals surface area (Å²) in [5.41, 5.74) is -0.215. The summed E-state index contributed by atoms with van der Waals surface area (Å²) >= 11 is 0. The molecule has 1 N–H and O–H groups in total. The molecule has 1 fully saturated rings. The lowest BCUT2D eigenvalue weighted by Gasteiger charge is -2.46. The van der Waals surface area contributed by atoms with E-state index in [9.17, 15) is 13.2 Å². The Labute approximate surface area is 124 Å². The summed E-state index contributed by atoms with van der Waals surface area (Å²) in [4.78, 5) is 2.29. The Kier molecular flexibility index (Phi) is 4.94. The van der Waals surface area contributed by atoms with Crippen LogP contribution in [0.4, 0.5) is 13.2 Å². The van der Waals surface area contributed by atoms with Gasteiger partial charge in [0.05, 0.1) is 6.04 Å². The van der Waals surface area contributed by atoms with Gasteiger partial charge in [-0.1, -0.05) is 12.5 Å². The number of hydrogen-bond acceptors (Lipinski definition) is 2. The van der Waals surface area contributed by atoms with E-state index in [2.05, 4.69) is 10.2 Å². The number of nitrogens with zero attached hydrogens (tertiary/aromatic N) is 1. The van der Waals surface area contributed by atoms with E-state index >= 15 is 0 Å². The molecule has 1 atom stereocenters. The van der Waals surface area contributed by atoms with Crippen molar-refractivity contribution in [2.24, 2.45) is 0 Å². The molecule has 0 bridgehead atoms. The van der Waals surface area contributed by atoms with Crippen LogP contribution in [0.2, 0.25) is 0 Å². The quantitative estimate of drug-likeness (QED) is 0.854. The van der Waals surface area contributed by atoms with Crippen molar-refractivity contribution in [2.75, 3.05) is 20.1 Å². The minimum Gasteiger partial charge on any atom is -0.311 e. The SMILES string of the molecule is CNC(c1ccc(F)c(F)c1F)C(C)(C)N1CCCCC1. The van der Waals surface area contributed by atoms with Gasteiger partial charge in [-0.05, 0) is 52.9 Å². The van der Waals surface area contributed by atoms with Gasteiger partial charge in [0, 0.05) is 11.1 Å². The van der Waals surface area contributed by atoms with Crippen LogP contribution in [0.25, 0.3) is 0 Å². The second-order valence-electron chi connectivity index (χ2n) is 6.19. The number of nitrogens with one attached hydrogen (secondary N) is 1.